The van der Waals surface area contributed by atoms with Gasteiger partial charge in [-0.1, -0.05) is 53.4 Å². The summed E-state index contributed by atoms with van der Waals surface area (Å²) in [5.41, 5.74) is 0. The first-order valence-electron chi connectivity index (χ1n) is 6.93. The Hall–Kier alpha value is -0.0400. The van der Waals surface area contributed by atoms with Crippen LogP contribution in [0.2, 0.25) is 0 Å². The highest BCUT2D eigenvalue weighted by atomic mass is 14.9. The Bertz CT molecular complexity index is 121. The highest BCUT2D eigenvalue weighted by molar-refractivity contribution is 4.66. The molecule has 1 nitrogen and oxygen atoms in total. The van der Waals surface area contributed by atoms with Crippen molar-refractivity contribution >= 4 is 0 Å². The number of rotatable bonds is 10. The van der Waals surface area contributed by atoms with E-state index in [0.29, 0.717) is 0 Å². The summed E-state index contributed by atoms with van der Waals surface area (Å²) in [5, 5.41) is 3.56. The van der Waals surface area contributed by atoms with Crippen LogP contribution in [-0.4, -0.2) is 13.1 Å². The van der Waals surface area contributed by atoms with Gasteiger partial charge in [0.1, 0.15) is 0 Å². The fraction of sp³-hybridized carbons (Fsp3) is 1.00. The van der Waals surface area contributed by atoms with Crippen molar-refractivity contribution in [1.82, 2.24) is 5.32 Å². The molecule has 0 spiro atoms. The third-order valence-corrected chi connectivity index (χ3v) is 3.20. The van der Waals surface area contributed by atoms with Gasteiger partial charge in [-0.2, -0.15) is 0 Å². The van der Waals surface area contributed by atoms with Crippen LogP contribution >= 0.6 is 0 Å². The number of hydrogen-bond donors (Lipinski definition) is 1. The van der Waals surface area contributed by atoms with Crippen LogP contribution < -0.4 is 5.32 Å². The fourth-order valence-corrected chi connectivity index (χ4v) is 1.97. The lowest BCUT2D eigenvalue weighted by Crippen LogP contribution is -2.26. The largest absolute Gasteiger partial charge is 0.316 e. The predicted octanol–water partition coefficient (Wildman–Crippen LogP) is 4.23. The lowest BCUT2D eigenvalue weighted by atomic mass is 9.90. The predicted molar refractivity (Wildman–Crippen MR) is 70.2 cm³/mol. The second-order valence-corrected chi connectivity index (χ2v) is 5.06. The number of hydrogen-bond acceptors (Lipinski definition) is 1. The van der Waals surface area contributed by atoms with Gasteiger partial charge in [-0.25, -0.2) is 0 Å². The third kappa shape index (κ3) is 8.92. The molecule has 1 unspecified atom stereocenters. The van der Waals surface area contributed by atoms with E-state index in [0.717, 1.165) is 11.8 Å². The molecule has 1 heteroatoms. The highest BCUT2D eigenvalue weighted by Gasteiger charge is 2.11. The van der Waals surface area contributed by atoms with Crippen molar-refractivity contribution in [3.8, 4) is 0 Å². The van der Waals surface area contributed by atoms with E-state index in [9.17, 15) is 0 Å². The van der Waals surface area contributed by atoms with E-state index in [1.54, 1.807) is 0 Å². The van der Waals surface area contributed by atoms with E-state index < -0.39 is 0 Å². The van der Waals surface area contributed by atoms with Gasteiger partial charge in [0.2, 0.25) is 0 Å². The van der Waals surface area contributed by atoms with Crippen molar-refractivity contribution < 1.29 is 0 Å². The highest BCUT2D eigenvalue weighted by Crippen LogP contribution is 2.18. The van der Waals surface area contributed by atoms with Crippen molar-refractivity contribution in [3.05, 3.63) is 0 Å². The van der Waals surface area contributed by atoms with Crippen LogP contribution in [0, 0.1) is 11.8 Å². The molecule has 0 rings (SSSR count). The summed E-state index contributed by atoms with van der Waals surface area (Å²) in [6, 6.07) is 0. The van der Waals surface area contributed by atoms with Crippen LogP contribution in [0.5, 0.6) is 0 Å². The van der Waals surface area contributed by atoms with E-state index in [4.69, 9.17) is 0 Å². The topological polar surface area (TPSA) is 12.0 Å². The van der Waals surface area contributed by atoms with Crippen molar-refractivity contribution in [3.63, 3.8) is 0 Å². The van der Waals surface area contributed by atoms with E-state index in [1.807, 2.05) is 0 Å². The van der Waals surface area contributed by atoms with Gasteiger partial charge in [0.05, 0.1) is 0 Å². The summed E-state index contributed by atoms with van der Waals surface area (Å²) < 4.78 is 0. The fourth-order valence-electron chi connectivity index (χ4n) is 1.97. The molecule has 0 amide bonds. The maximum Gasteiger partial charge on any atom is -0.00181 e. The maximum absolute atomic E-state index is 3.56. The molecule has 92 valence electrons. The van der Waals surface area contributed by atoms with Gasteiger partial charge in [-0.15, -0.1) is 0 Å². The molecule has 1 N–H and O–H groups in total. The van der Waals surface area contributed by atoms with Crippen LogP contribution in [0.25, 0.3) is 0 Å². The molecule has 0 heterocycles. The van der Waals surface area contributed by atoms with Crippen LogP contribution in [0.3, 0.4) is 0 Å². The second-order valence-electron chi connectivity index (χ2n) is 5.06. The van der Waals surface area contributed by atoms with Gasteiger partial charge < -0.3 is 5.32 Å². The first-order valence-corrected chi connectivity index (χ1v) is 6.93. The average molecular weight is 213 g/mol. The molecule has 0 fully saturated rings. The molecule has 0 saturated carbocycles. The molecule has 15 heavy (non-hydrogen) atoms. The van der Waals surface area contributed by atoms with Crippen molar-refractivity contribution in [2.75, 3.05) is 13.1 Å². The molecule has 0 aliphatic heterocycles. The summed E-state index contributed by atoms with van der Waals surface area (Å²) in [6.45, 7) is 11.6. The molecule has 0 aromatic carbocycles. The van der Waals surface area contributed by atoms with Crippen molar-refractivity contribution in [2.24, 2.45) is 11.8 Å². The maximum atomic E-state index is 3.56. The average Bonchev–Trinajstić information content (AvgIpc) is 2.21. The van der Waals surface area contributed by atoms with Gasteiger partial charge in [0, 0.05) is 0 Å². The van der Waals surface area contributed by atoms with Crippen LogP contribution in [0.15, 0.2) is 0 Å². The molecule has 0 aromatic rings. The van der Waals surface area contributed by atoms with Crippen LogP contribution in [-0.2, 0) is 0 Å². The monoisotopic (exact) mass is 213 g/mol. The number of unbranched alkanes of at least 4 members (excludes halogenated alkanes) is 3. The Labute approximate surface area is 97.0 Å². The summed E-state index contributed by atoms with van der Waals surface area (Å²) in [5.74, 6) is 1.71. The second kappa shape index (κ2) is 10.5. The molecule has 1 atom stereocenters. The van der Waals surface area contributed by atoms with Crippen molar-refractivity contribution in [2.45, 2.75) is 66.2 Å². The standard InChI is InChI=1S/C14H31N/c1-5-7-8-9-10-14(13(3)4)12-15-11-6-2/h13-15H,5-12H2,1-4H3. The van der Waals surface area contributed by atoms with Crippen LogP contribution in [0.1, 0.15) is 66.2 Å². The van der Waals surface area contributed by atoms with E-state index in [2.05, 4.69) is 33.0 Å². The minimum absolute atomic E-state index is 0.830. The lowest BCUT2D eigenvalue weighted by molar-refractivity contribution is 0.329. The minimum Gasteiger partial charge on any atom is -0.316 e. The van der Waals surface area contributed by atoms with Gasteiger partial charge in [0.15, 0.2) is 0 Å². The molecular weight excluding hydrogens is 182 g/mol. The zero-order valence-electron chi connectivity index (χ0n) is 11.3. The Morgan fingerprint density at radius 1 is 0.933 bits per heavy atom. The summed E-state index contributed by atoms with van der Waals surface area (Å²) in [4.78, 5) is 0. The van der Waals surface area contributed by atoms with Gasteiger partial charge in [-0.05, 0) is 37.8 Å². The first-order chi connectivity index (χ1) is 7.22. The molecule has 0 bridgehead atoms. The van der Waals surface area contributed by atoms with E-state index in [-0.39, 0.29) is 0 Å². The molecular formula is C14H31N. The molecule has 0 radical (unpaired) electrons. The van der Waals surface area contributed by atoms with Gasteiger partial charge in [0.25, 0.3) is 0 Å². The summed E-state index contributed by atoms with van der Waals surface area (Å²) in [6.07, 6.45) is 8.26. The Morgan fingerprint density at radius 2 is 1.67 bits per heavy atom. The summed E-state index contributed by atoms with van der Waals surface area (Å²) in [7, 11) is 0. The zero-order valence-corrected chi connectivity index (χ0v) is 11.3. The van der Waals surface area contributed by atoms with Crippen LogP contribution in [0.4, 0.5) is 0 Å². The molecule has 0 aromatic heterocycles. The van der Waals surface area contributed by atoms with E-state index in [1.165, 1.54) is 51.6 Å². The minimum atomic E-state index is 0.830. The smallest absolute Gasteiger partial charge is 0.00181 e. The molecule has 0 aliphatic rings. The Morgan fingerprint density at radius 3 is 2.20 bits per heavy atom. The normalized spacial score (nSPS) is 13.4. The third-order valence-electron chi connectivity index (χ3n) is 3.20. The molecule has 0 aliphatic carbocycles. The first kappa shape index (κ1) is 15.0. The molecule has 0 saturated heterocycles. The van der Waals surface area contributed by atoms with Gasteiger partial charge >= 0.3 is 0 Å². The van der Waals surface area contributed by atoms with Gasteiger partial charge in [-0.3, -0.25) is 0 Å². The Balaban J connectivity index is 3.54. The van der Waals surface area contributed by atoms with E-state index >= 15 is 0 Å². The Kier molecular flexibility index (Phi) is 10.4. The van der Waals surface area contributed by atoms with Crippen molar-refractivity contribution in [1.29, 1.82) is 0 Å². The summed E-state index contributed by atoms with van der Waals surface area (Å²) >= 11 is 0. The SMILES string of the molecule is CCCCCCC(CNCCC)C(C)C. The quantitative estimate of drug-likeness (QED) is 0.536. The number of nitrogens with one attached hydrogen (secondary N) is 1. The lowest BCUT2D eigenvalue weighted by Gasteiger charge is -2.21. The zero-order chi connectivity index (χ0) is 11.5.